The van der Waals surface area contributed by atoms with Gasteiger partial charge in [0.05, 0.1) is 29.7 Å². The summed E-state index contributed by atoms with van der Waals surface area (Å²) in [6.45, 7) is 7.02. The van der Waals surface area contributed by atoms with Crippen molar-refractivity contribution >= 4 is 41.3 Å². The maximum atomic E-state index is 14.4. The summed E-state index contributed by atoms with van der Waals surface area (Å²) in [4.78, 5) is 71.0. The Labute approximate surface area is 295 Å². The molecule has 0 spiro atoms. The van der Waals surface area contributed by atoms with Crippen molar-refractivity contribution < 1.29 is 24.0 Å². The van der Waals surface area contributed by atoms with Crippen molar-refractivity contribution in [3.8, 4) is 0 Å². The Balaban J connectivity index is 1.45. The van der Waals surface area contributed by atoms with Crippen LogP contribution in [0.15, 0.2) is 65.6 Å². The van der Waals surface area contributed by atoms with Crippen molar-refractivity contribution in [2.24, 2.45) is 23.7 Å². The molecule has 2 saturated heterocycles. The van der Waals surface area contributed by atoms with Crippen molar-refractivity contribution in [3.63, 3.8) is 0 Å². The van der Waals surface area contributed by atoms with Gasteiger partial charge in [-0.05, 0) is 56.2 Å². The lowest BCUT2D eigenvalue weighted by Crippen LogP contribution is -2.55. The van der Waals surface area contributed by atoms with Crippen LogP contribution in [0.25, 0.3) is 0 Å². The summed E-state index contributed by atoms with van der Waals surface area (Å²) in [5.74, 6) is -1.54. The molecule has 2 aliphatic heterocycles. The van der Waals surface area contributed by atoms with Crippen molar-refractivity contribution in [3.05, 3.63) is 66.2 Å². The van der Waals surface area contributed by atoms with Gasteiger partial charge in [-0.1, -0.05) is 62.4 Å². The number of thioether (sulfide) groups is 1. The number of carbonyl (C=O) groups is 5. The molecule has 3 N–H and O–H groups in total. The van der Waals surface area contributed by atoms with Crippen LogP contribution >= 0.6 is 11.8 Å². The van der Waals surface area contributed by atoms with Gasteiger partial charge in [0, 0.05) is 56.8 Å². The first-order chi connectivity index (χ1) is 23.6. The van der Waals surface area contributed by atoms with Crippen LogP contribution in [-0.4, -0.2) is 90.4 Å². The highest BCUT2D eigenvalue weighted by Crippen LogP contribution is 2.28. The summed E-state index contributed by atoms with van der Waals surface area (Å²) in [7, 11) is 1.59. The summed E-state index contributed by atoms with van der Waals surface area (Å²) >= 11 is 1.61. The Hall–Kier alpha value is -3.86. The number of likely N-dealkylation sites (tertiary alicyclic amines) is 2. The largest absolute Gasteiger partial charge is 0.359 e. The third-order valence-electron chi connectivity index (χ3n) is 9.88. The molecule has 5 amide bonds. The van der Waals surface area contributed by atoms with Crippen molar-refractivity contribution in [2.45, 2.75) is 76.3 Å². The molecule has 2 aromatic carbocycles. The van der Waals surface area contributed by atoms with Crippen LogP contribution in [0.3, 0.4) is 0 Å². The van der Waals surface area contributed by atoms with Gasteiger partial charge in [-0.15, -0.1) is 11.8 Å². The highest BCUT2D eigenvalue weighted by molar-refractivity contribution is 7.99. The number of piperidine rings is 2. The van der Waals surface area contributed by atoms with E-state index in [0.29, 0.717) is 64.0 Å². The van der Waals surface area contributed by atoms with Crippen LogP contribution < -0.4 is 16.0 Å². The minimum Gasteiger partial charge on any atom is -0.359 e. The first kappa shape index (κ1) is 38.0. The molecule has 266 valence electrons. The average Bonchev–Trinajstić information content (AvgIpc) is 3.14. The Morgan fingerprint density at radius 1 is 0.837 bits per heavy atom. The number of amides is 5. The molecule has 2 aromatic rings. The third-order valence-corrected chi connectivity index (χ3v) is 11.0. The number of nitrogens with one attached hydrogen (secondary N) is 3. The van der Waals surface area contributed by atoms with Crippen molar-refractivity contribution in [2.75, 3.05) is 39.0 Å². The molecule has 6 atom stereocenters. The normalized spacial score (nSPS) is 20.3. The molecule has 11 heteroatoms. The minimum atomic E-state index is -0.511. The Kier molecular flexibility index (Phi) is 14.5. The number of hydrogen-bond acceptors (Lipinski definition) is 6. The molecule has 2 fully saturated rings. The van der Waals surface area contributed by atoms with Gasteiger partial charge in [-0.25, -0.2) is 0 Å². The SMILES string of the molecule is CC[C@@H](NC(=O)[C@@H]1CCCN(C(=O)[C@H]2CCCN(C(=O)[C@@H](Cc3ccccc3)[C@@H](CSc3ccccc3)NC(C)=O)C2)C1)[C@H](C)C(=O)NC. The zero-order chi connectivity index (χ0) is 35.3. The Morgan fingerprint density at radius 3 is 2.08 bits per heavy atom. The van der Waals surface area contributed by atoms with E-state index in [2.05, 4.69) is 16.0 Å². The molecule has 10 nitrogen and oxygen atoms in total. The zero-order valence-electron chi connectivity index (χ0n) is 29.4. The van der Waals surface area contributed by atoms with Gasteiger partial charge >= 0.3 is 0 Å². The number of hydrogen-bond donors (Lipinski definition) is 3. The molecule has 0 aliphatic carbocycles. The molecule has 2 heterocycles. The summed E-state index contributed by atoms with van der Waals surface area (Å²) in [5, 5.41) is 8.81. The monoisotopic (exact) mass is 691 g/mol. The van der Waals surface area contributed by atoms with Crippen molar-refractivity contribution in [1.29, 1.82) is 0 Å². The van der Waals surface area contributed by atoms with E-state index in [1.807, 2.05) is 79.4 Å². The summed E-state index contributed by atoms with van der Waals surface area (Å²) in [6, 6.07) is 19.1. The molecule has 2 aliphatic rings. The van der Waals surface area contributed by atoms with Crippen LogP contribution in [0, 0.1) is 23.7 Å². The molecule has 49 heavy (non-hydrogen) atoms. The fourth-order valence-corrected chi connectivity index (χ4v) is 8.08. The predicted molar refractivity (Wildman–Crippen MR) is 192 cm³/mol. The standard InChI is InChI=1S/C38H53N5O5S/c1-5-33(26(2)35(45)39-4)41-36(46)29-16-12-20-42(23-29)37(47)30-17-13-21-43(24-30)38(48)32(22-28-14-8-6-9-15-28)34(40-27(3)44)25-49-31-18-10-7-11-19-31/h6-11,14-15,18-19,26,29-30,32-34H,5,12-13,16-17,20-25H2,1-4H3,(H,39,45)(H,40,44)(H,41,46)/t26-,29+,30-,32-,33+,34+/m0/s1. The average molecular weight is 692 g/mol. The van der Waals surface area contributed by atoms with E-state index >= 15 is 0 Å². The lowest BCUT2D eigenvalue weighted by molar-refractivity contribution is -0.144. The first-order valence-electron chi connectivity index (χ1n) is 17.7. The van der Waals surface area contributed by atoms with E-state index < -0.39 is 12.0 Å². The highest BCUT2D eigenvalue weighted by Gasteiger charge is 2.39. The molecule has 4 rings (SSSR count). The van der Waals surface area contributed by atoms with Crippen LogP contribution in [0.1, 0.15) is 58.4 Å². The summed E-state index contributed by atoms with van der Waals surface area (Å²) in [6.07, 6.45) is 3.88. The number of nitrogens with zero attached hydrogens (tertiary/aromatic N) is 2. The van der Waals surface area contributed by atoms with Crippen LogP contribution in [0.5, 0.6) is 0 Å². The van der Waals surface area contributed by atoms with E-state index in [9.17, 15) is 24.0 Å². The van der Waals surface area contributed by atoms with E-state index in [1.165, 1.54) is 6.92 Å². The highest BCUT2D eigenvalue weighted by atomic mass is 32.2. The number of rotatable bonds is 14. The van der Waals surface area contributed by atoms with E-state index in [0.717, 1.165) is 16.9 Å². The molecular formula is C38H53N5O5S. The number of benzene rings is 2. The van der Waals surface area contributed by atoms with Gasteiger partial charge in [0.2, 0.25) is 29.5 Å². The zero-order valence-corrected chi connectivity index (χ0v) is 30.2. The Morgan fingerprint density at radius 2 is 1.45 bits per heavy atom. The second-order valence-electron chi connectivity index (χ2n) is 13.4. The van der Waals surface area contributed by atoms with Crippen LogP contribution in [0.2, 0.25) is 0 Å². The fourth-order valence-electron chi connectivity index (χ4n) is 7.05. The molecule has 0 unspecified atom stereocenters. The second-order valence-corrected chi connectivity index (χ2v) is 14.5. The van der Waals surface area contributed by atoms with Crippen LogP contribution in [-0.2, 0) is 30.4 Å². The minimum absolute atomic E-state index is 0.0153. The first-order valence-corrected chi connectivity index (χ1v) is 18.7. The number of carbonyl (C=O) groups excluding carboxylic acids is 5. The van der Waals surface area contributed by atoms with Gasteiger partial charge in [0.1, 0.15) is 0 Å². The lowest BCUT2D eigenvalue weighted by atomic mass is 9.88. The van der Waals surface area contributed by atoms with Gasteiger partial charge in [0.15, 0.2) is 0 Å². The van der Waals surface area contributed by atoms with Gasteiger partial charge in [-0.3, -0.25) is 24.0 Å². The Bertz CT molecular complexity index is 1410. The topological polar surface area (TPSA) is 128 Å². The molecule has 0 saturated carbocycles. The van der Waals surface area contributed by atoms with Crippen molar-refractivity contribution in [1.82, 2.24) is 25.8 Å². The quantitative estimate of drug-likeness (QED) is 0.258. The second kappa shape index (κ2) is 18.8. The van der Waals surface area contributed by atoms with Gasteiger partial charge in [-0.2, -0.15) is 0 Å². The van der Waals surface area contributed by atoms with E-state index in [1.54, 1.807) is 23.7 Å². The van der Waals surface area contributed by atoms with Crippen LogP contribution in [0.4, 0.5) is 0 Å². The third kappa shape index (κ3) is 10.8. The summed E-state index contributed by atoms with van der Waals surface area (Å²) < 4.78 is 0. The fraction of sp³-hybridized carbons (Fsp3) is 0.553. The maximum Gasteiger partial charge on any atom is 0.228 e. The molecule has 0 bridgehead atoms. The lowest BCUT2D eigenvalue weighted by Gasteiger charge is -2.40. The predicted octanol–water partition coefficient (Wildman–Crippen LogP) is 3.90. The molecular weight excluding hydrogens is 639 g/mol. The van der Waals surface area contributed by atoms with Gasteiger partial charge < -0.3 is 25.8 Å². The van der Waals surface area contributed by atoms with Gasteiger partial charge in [0.25, 0.3) is 0 Å². The van der Waals surface area contributed by atoms with E-state index in [-0.39, 0.29) is 53.3 Å². The molecule has 0 radical (unpaired) electrons. The summed E-state index contributed by atoms with van der Waals surface area (Å²) in [5.41, 5.74) is 1.01. The smallest absolute Gasteiger partial charge is 0.228 e. The maximum absolute atomic E-state index is 14.4. The van der Waals surface area contributed by atoms with E-state index in [4.69, 9.17) is 0 Å². The molecule has 0 aromatic heterocycles.